The molecule has 0 bridgehead atoms. The number of likely N-dealkylation sites (N-methyl/N-ethyl adjacent to an activating group) is 1. The van der Waals surface area contributed by atoms with Crippen molar-refractivity contribution < 1.29 is 9.53 Å². The summed E-state index contributed by atoms with van der Waals surface area (Å²) in [5.41, 5.74) is 4.78. The van der Waals surface area contributed by atoms with Crippen LogP contribution in [0, 0.1) is 0 Å². The average molecular weight is 434 g/mol. The van der Waals surface area contributed by atoms with E-state index >= 15 is 0 Å². The Morgan fingerprint density at radius 1 is 0.938 bits per heavy atom. The van der Waals surface area contributed by atoms with E-state index in [-0.39, 0.29) is 11.3 Å². The fourth-order valence-corrected chi connectivity index (χ4v) is 4.26. The van der Waals surface area contributed by atoms with E-state index in [1.165, 1.54) is 11.3 Å². The predicted molar refractivity (Wildman–Crippen MR) is 131 cm³/mol. The Kier molecular flexibility index (Phi) is 6.56. The van der Waals surface area contributed by atoms with Crippen LogP contribution in [0.2, 0.25) is 0 Å². The molecule has 1 amide bonds. The van der Waals surface area contributed by atoms with Crippen LogP contribution in [0.15, 0.2) is 54.3 Å². The third-order valence-electron chi connectivity index (χ3n) is 6.38. The van der Waals surface area contributed by atoms with Crippen LogP contribution < -0.4 is 4.90 Å². The van der Waals surface area contributed by atoms with Crippen molar-refractivity contribution in [3.05, 3.63) is 71.0 Å². The molecule has 4 rings (SSSR count). The smallest absolute Gasteiger partial charge is 0.289 e. The number of ether oxygens (including phenoxy) is 1. The summed E-state index contributed by atoms with van der Waals surface area (Å²) in [5.74, 6) is 0.397. The molecular formula is C27H35N3O2. The zero-order valence-corrected chi connectivity index (χ0v) is 19.8. The van der Waals surface area contributed by atoms with Crippen molar-refractivity contribution in [3.63, 3.8) is 0 Å². The average Bonchev–Trinajstić information content (AvgIpc) is 2.77. The van der Waals surface area contributed by atoms with Gasteiger partial charge in [0.15, 0.2) is 5.76 Å². The summed E-state index contributed by atoms with van der Waals surface area (Å²) in [6.45, 7) is 12.4. The van der Waals surface area contributed by atoms with Crippen LogP contribution in [0.5, 0.6) is 0 Å². The molecule has 170 valence electrons. The quantitative estimate of drug-likeness (QED) is 0.679. The lowest BCUT2D eigenvalue weighted by molar-refractivity contribution is -0.136. The predicted octanol–water partition coefficient (Wildman–Crippen LogP) is 4.14. The molecule has 5 nitrogen and oxygen atoms in total. The number of carbonyl (C=O) groups is 1. The lowest BCUT2D eigenvalue weighted by atomic mass is 9.87. The molecule has 2 aliphatic rings. The first-order chi connectivity index (χ1) is 15.3. The van der Waals surface area contributed by atoms with E-state index in [2.05, 4.69) is 80.1 Å². The zero-order valence-electron chi connectivity index (χ0n) is 19.8. The molecule has 0 N–H and O–H groups in total. The Hall–Kier alpha value is -2.79. The second kappa shape index (κ2) is 9.37. The van der Waals surface area contributed by atoms with Crippen LogP contribution in [0.3, 0.4) is 0 Å². The van der Waals surface area contributed by atoms with Gasteiger partial charge < -0.3 is 19.4 Å². The Morgan fingerprint density at radius 2 is 1.62 bits per heavy atom. The SMILES string of the molecule is CN1CCN(c2ccccc2/C=C2/OCCN(Cc3ccc(C(C)(C)C)cc3)C2=O)CC1. The molecule has 2 fully saturated rings. The second-order valence-corrected chi connectivity index (χ2v) is 9.88. The molecule has 2 heterocycles. The van der Waals surface area contributed by atoms with Gasteiger partial charge in [-0.2, -0.15) is 0 Å². The van der Waals surface area contributed by atoms with Crippen LogP contribution in [0.25, 0.3) is 6.08 Å². The van der Waals surface area contributed by atoms with Gasteiger partial charge in [-0.05, 0) is 35.7 Å². The van der Waals surface area contributed by atoms with Gasteiger partial charge >= 0.3 is 0 Å². The zero-order chi connectivity index (χ0) is 22.7. The highest BCUT2D eigenvalue weighted by Crippen LogP contribution is 2.27. The number of carbonyl (C=O) groups excluding carboxylic acids is 1. The van der Waals surface area contributed by atoms with E-state index in [1.54, 1.807) is 0 Å². The van der Waals surface area contributed by atoms with E-state index in [0.717, 1.165) is 37.3 Å². The number of morpholine rings is 1. The molecule has 0 saturated carbocycles. The first-order valence-corrected chi connectivity index (χ1v) is 11.6. The van der Waals surface area contributed by atoms with Gasteiger partial charge in [0.2, 0.25) is 0 Å². The van der Waals surface area contributed by atoms with E-state index in [0.29, 0.717) is 25.5 Å². The maximum absolute atomic E-state index is 13.2. The molecule has 2 saturated heterocycles. The Bertz CT molecular complexity index is 967. The molecule has 5 heteroatoms. The van der Waals surface area contributed by atoms with Crippen molar-refractivity contribution in [2.24, 2.45) is 0 Å². The van der Waals surface area contributed by atoms with Gasteiger partial charge in [-0.3, -0.25) is 4.79 Å². The fraction of sp³-hybridized carbons (Fsp3) is 0.444. The molecular weight excluding hydrogens is 398 g/mol. The van der Waals surface area contributed by atoms with Gasteiger partial charge in [0.05, 0.1) is 6.54 Å². The van der Waals surface area contributed by atoms with Gasteiger partial charge in [0.25, 0.3) is 5.91 Å². The molecule has 0 unspecified atom stereocenters. The van der Waals surface area contributed by atoms with Crippen molar-refractivity contribution in [3.8, 4) is 0 Å². The Morgan fingerprint density at radius 3 is 2.31 bits per heavy atom. The normalized spacial score (nSPS) is 19.4. The summed E-state index contributed by atoms with van der Waals surface area (Å²) in [6, 6.07) is 16.9. The maximum atomic E-state index is 13.2. The van der Waals surface area contributed by atoms with Crippen LogP contribution in [0.4, 0.5) is 5.69 Å². The number of hydrogen-bond donors (Lipinski definition) is 0. The Labute approximate surface area is 192 Å². The summed E-state index contributed by atoms with van der Waals surface area (Å²) in [6.07, 6.45) is 1.92. The standard InChI is InChI=1S/C27H35N3O2/c1-27(2,3)23-11-9-21(10-12-23)20-30-17-18-32-25(26(30)31)19-22-7-5-6-8-24(22)29-15-13-28(4)14-16-29/h5-12,19H,13-18,20H2,1-4H3/b25-19+. The van der Waals surface area contributed by atoms with Crippen LogP contribution >= 0.6 is 0 Å². The molecule has 0 atom stereocenters. The maximum Gasteiger partial charge on any atom is 0.289 e. The summed E-state index contributed by atoms with van der Waals surface area (Å²) in [7, 11) is 2.16. The van der Waals surface area contributed by atoms with Gasteiger partial charge in [0, 0.05) is 44.0 Å². The van der Waals surface area contributed by atoms with E-state index in [9.17, 15) is 4.79 Å². The number of amides is 1. The van der Waals surface area contributed by atoms with Crippen molar-refractivity contribution in [1.29, 1.82) is 0 Å². The van der Waals surface area contributed by atoms with Gasteiger partial charge in [-0.25, -0.2) is 0 Å². The molecule has 32 heavy (non-hydrogen) atoms. The van der Waals surface area contributed by atoms with Crippen molar-refractivity contribution >= 4 is 17.7 Å². The number of rotatable bonds is 4. The van der Waals surface area contributed by atoms with Crippen molar-refractivity contribution in [2.75, 3.05) is 51.3 Å². The third kappa shape index (κ3) is 5.16. The molecule has 0 spiro atoms. The highest BCUT2D eigenvalue weighted by atomic mass is 16.5. The minimum Gasteiger partial charge on any atom is -0.486 e. The van der Waals surface area contributed by atoms with Crippen molar-refractivity contribution in [1.82, 2.24) is 9.80 Å². The largest absolute Gasteiger partial charge is 0.486 e. The van der Waals surface area contributed by atoms with Gasteiger partial charge in [0.1, 0.15) is 6.61 Å². The first kappa shape index (κ1) is 22.4. The fourth-order valence-electron chi connectivity index (χ4n) is 4.26. The van der Waals surface area contributed by atoms with Crippen LogP contribution in [-0.2, 0) is 21.5 Å². The number of hydrogen-bond acceptors (Lipinski definition) is 4. The molecule has 0 aliphatic carbocycles. The number of anilines is 1. The summed E-state index contributed by atoms with van der Waals surface area (Å²) in [5, 5.41) is 0. The first-order valence-electron chi connectivity index (χ1n) is 11.6. The summed E-state index contributed by atoms with van der Waals surface area (Å²) < 4.78 is 5.83. The minimum absolute atomic E-state index is 0.0377. The van der Waals surface area contributed by atoms with E-state index in [4.69, 9.17) is 4.74 Å². The lowest BCUT2D eigenvalue weighted by Gasteiger charge is -2.35. The second-order valence-electron chi connectivity index (χ2n) is 9.88. The monoisotopic (exact) mass is 433 g/mol. The van der Waals surface area contributed by atoms with Gasteiger partial charge in [-0.1, -0.05) is 63.2 Å². The highest BCUT2D eigenvalue weighted by molar-refractivity contribution is 5.97. The molecule has 0 radical (unpaired) electrons. The molecule has 0 aromatic heterocycles. The minimum atomic E-state index is -0.0377. The number of piperazine rings is 1. The summed E-state index contributed by atoms with van der Waals surface area (Å²) in [4.78, 5) is 19.8. The lowest BCUT2D eigenvalue weighted by Crippen LogP contribution is -2.44. The highest BCUT2D eigenvalue weighted by Gasteiger charge is 2.26. The number of benzene rings is 2. The van der Waals surface area contributed by atoms with Gasteiger partial charge in [-0.15, -0.1) is 0 Å². The van der Waals surface area contributed by atoms with Crippen LogP contribution in [0.1, 0.15) is 37.5 Å². The summed E-state index contributed by atoms with van der Waals surface area (Å²) >= 11 is 0. The number of nitrogens with zero attached hydrogens (tertiary/aromatic N) is 3. The van der Waals surface area contributed by atoms with Crippen LogP contribution in [-0.4, -0.2) is 62.1 Å². The van der Waals surface area contributed by atoms with Crippen molar-refractivity contribution in [2.45, 2.75) is 32.7 Å². The van der Waals surface area contributed by atoms with E-state index in [1.807, 2.05) is 17.0 Å². The van der Waals surface area contributed by atoms with E-state index < -0.39 is 0 Å². The topological polar surface area (TPSA) is 36.0 Å². The number of para-hydroxylation sites is 1. The molecule has 2 aliphatic heterocycles. The Balaban J connectivity index is 1.50. The molecule has 2 aromatic carbocycles. The third-order valence-corrected chi connectivity index (χ3v) is 6.38. The molecule has 2 aromatic rings.